The van der Waals surface area contributed by atoms with Gasteiger partial charge in [-0.05, 0) is 36.0 Å². The largest absolute Gasteiger partial charge is 0.396 e. The first-order valence-corrected chi connectivity index (χ1v) is 10.9. The summed E-state index contributed by atoms with van der Waals surface area (Å²) < 4.78 is 23.1. The average Bonchev–Trinajstić information content (AvgIpc) is 2.88. The van der Waals surface area contributed by atoms with E-state index in [1.165, 1.54) is 6.26 Å². The van der Waals surface area contributed by atoms with E-state index >= 15 is 0 Å². The van der Waals surface area contributed by atoms with Gasteiger partial charge >= 0.3 is 0 Å². The van der Waals surface area contributed by atoms with Crippen LogP contribution in [-0.4, -0.2) is 49.5 Å². The number of rotatable bonds is 7. The predicted octanol–water partition coefficient (Wildman–Crippen LogP) is 2.46. The van der Waals surface area contributed by atoms with Crippen LogP contribution in [0, 0.1) is 5.41 Å². The Morgan fingerprint density at radius 1 is 1.29 bits per heavy atom. The maximum Gasteiger partial charge on any atom is 0.233 e. The van der Waals surface area contributed by atoms with Crippen LogP contribution in [0.5, 0.6) is 0 Å². The van der Waals surface area contributed by atoms with E-state index in [2.05, 4.69) is 0 Å². The first kappa shape index (κ1) is 19.3. The fourth-order valence-corrected chi connectivity index (χ4v) is 4.51. The van der Waals surface area contributed by atoms with Crippen molar-refractivity contribution >= 4 is 27.5 Å². The van der Waals surface area contributed by atoms with Crippen molar-refractivity contribution < 1.29 is 18.3 Å². The number of nitrogens with zero attached hydrogens (tertiary/aromatic N) is 1. The van der Waals surface area contributed by atoms with Gasteiger partial charge in [0.25, 0.3) is 0 Å². The van der Waals surface area contributed by atoms with Crippen LogP contribution in [0.4, 0.5) is 0 Å². The third-order valence-electron chi connectivity index (χ3n) is 4.24. The Kier molecular flexibility index (Phi) is 5.99. The molecular formula is C17H25NO4S2. The Morgan fingerprint density at radius 2 is 1.92 bits per heavy atom. The fourth-order valence-electron chi connectivity index (χ4n) is 2.66. The molecular weight excluding hydrogens is 346 g/mol. The second-order valence-electron chi connectivity index (χ2n) is 7.02. The zero-order chi connectivity index (χ0) is 18.0. The van der Waals surface area contributed by atoms with Gasteiger partial charge in [-0.25, -0.2) is 8.42 Å². The molecule has 1 aliphatic rings. The van der Waals surface area contributed by atoms with E-state index in [0.29, 0.717) is 12.3 Å². The van der Waals surface area contributed by atoms with E-state index in [1.54, 1.807) is 36.0 Å². The fraction of sp³-hybridized carbons (Fsp3) is 0.588. The number of amides is 1. The summed E-state index contributed by atoms with van der Waals surface area (Å²) in [4.78, 5) is 14.3. The van der Waals surface area contributed by atoms with Gasteiger partial charge in [0, 0.05) is 19.4 Å². The van der Waals surface area contributed by atoms with Gasteiger partial charge in [-0.1, -0.05) is 26.0 Å². The lowest BCUT2D eigenvalue weighted by Crippen LogP contribution is -2.30. The van der Waals surface area contributed by atoms with E-state index < -0.39 is 9.84 Å². The van der Waals surface area contributed by atoms with E-state index in [4.69, 9.17) is 0 Å². The van der Waals surface area contributed by atoms with Crippen molar-refractivity contribution in [2.24, 2.45) is 5.41 Å². The SMILES string of the molecule is CC(C)(CO)CCCN1C(=O)CSC1c1ccc(S(C)(=O)=O)cc1. The lowest BCUT2D eigenvalue weighted by atomic mass is 9.89. The molecule has 0 aliphatic carbocycles. The van der Waals surface area contributed by atoms with Gasteiger partial charge in [-0.3, -0.25) is 4.79 Å². The quantitative estimate of drug-likeness (QED) is 0.797. The summed E-state index contributed by atoms with van der Waals surface area (Å²) in [6.07, 6.45) is 2.86. The normalized spacial score (nSPS) is 19.1. The van der Waals surface area contributed by atoms with Gasteiger partial charge < -0.3 is 10.0 Å². The Bertz CT molecular complexity index is 683. The molecule has 1 aromatic carbocycles. The molecule has 24 heavy (non-hydrogen) atoms. The number of aliphatic hydroxyl groups excluding tert-OH is 1. The molecule has 5 nitrogen and oxygen atoms in total. The van der Waals surface area contributed by atoms with Gasteiger partial charge in [-0.15, -0.1) is 11.8 Å². The van der Waals surface area contributed by atoms with Crippen LogP contribution < -0.4 is 0 Å². The number of benzene rings is 1. The zero-order valence-corrected chi connectivity index (χ0v) is 16.0. The summed E-state index contributed by atoms with van der Waals surface area (Å²) in [7, 11) is -3.21. The molecule has 1 aliphatic heterocycles. The van der Waals surface area contributed by atoms with Crippen LogP contribution in [0.15, 0.2) is 29.2 Å². The Balaban J connectivity index is 2.07. The highest BCUT2D eigenvalue weighted by molar-refractivity contribution is 8.00. The number of thioether (sulfide) groups is 1. The molecule has 1 unspecified atom stereocenters. The molecule has 1 amide bonds. The number of aliphatic hydroxyl groups is 1. The van der Waals surface area contributed by atoms with E-state index in [-0.39, 0.29) is 28.2 Å². The molecule has 0 aromatic heterocycles. The first-order valence-electron chi connectivity index (χ1n) is 7.96. The zero-order valence-electron chi connectivity index (χ0n) is 14.4. The van der Waals surface area contributed by atoms with Crippen molar-refractivity contribution in [2.45, 2.75) is 37.0 Å². The van der Waals surface area contributed by atoms with E-state index in [0.717, 1.165) is 18.4 Å². The number of sulfone groups is 1. The van der Waals surface area contributed by atoms with Crippen LogP contribution in [0.3, 0.4) is 0 Å². The second kappa shape index (κ2) is 7.45. The summed E-state index contributed by atoms with van der Waals surface area (Å²) in [5.74, 6) is 0.556. The summed E-state index contributed by atoms with van der Waals surface area (Å²) in [5, 5.41) is 9.26. The first-order chi connectivity index (χ1) is 11.1. The molecule has 2 rings (SSSR count). The maximum absolute atomic E-state index is 12.2. The minimum atomic E-state index is -3.21. The summed E-state index contributed by atoms with van der Waals surface area (Å²) >= 11 is 1.57. The lowest BCUT2D eigenvalue weighted by Gasteiger charge is -2.27. The van der Waals surface area contributed by atoms with Crippen LogP contribution in [0.1, 0.15) is 37.6 Å². The Labute approximate surface area is 148 Å². The standard InChI is InChI=1S/C17H25NO4S2/c1-17(2,12-19)9-4-10-18-15(20)11-23-16(18)13-5-7-14(8-6-13)24(3,21)22/h5-8,16,19H,4,9-12H2,1-3H3. The summed E-state index contributed by atoms with van der Waals surface area (Å²) in [6.45, 7) is 4.80. The predicted molar refractivity (Wildman–Crippen MR) is 96.6 cm³/mol. The van der Waals surface area contributed by atoms with Crippen molar-refractivity contribution in [3.05, 3.63) is 29.8 Å². The molecule has 1 N–H and O–H groups in total. The van der Waals surface area contributed by atoms with Crippen molar-refractivity contribution in [1.82, 2.24) is 4.90 Å². The van der Waals surface area contributed by atoms with Crippen LogP contribution in [-0.2, 0) is 14.6 Å². The average molecular weight is 372 g/mol. The smallest absolute Gasteiger partial charge is 0.233 e. The minimum Gasteiger partial charge on any atom is -0.396 e. The van der Waals surface area contributed by atoms with Crippen LogP contribution >= 0.6 is 11.8 Å². The highest BCUT2D eigenvalue weighted by atomic mass is 32.2. The number of carbonyl (C=O) groups excluding carboxylic acids is 1. The maximum atomic E-state index is 12.2. The van der Waals surface area contributed by atoms with Crippen LogP contribution in [0.25, 0.3) is 0 Å². The third-order valence-corrected chi connectivity index (χ3v) is 6.63. The molecule has 1 fully saturated rings. The molecule has 0 bridgehead atoms. The minimum absolute atomic E-state index is 0.0663. The third kappa shape index (κ3) is 4.74. The molecule has 1 heterocycles. The number of carbonyl (C=O) groups is 1. The summed E-state index contributed by atoms with van der Waals surface area (Å²) in [6, 6.07) is 6.77. The molecule has 0 saturated carbocycles. The van der Waals surface area contributed by atoms with Gasteiger partial charge in [0.05, 0.1) is 10.6 Å². The van der Waals surface area contributed by atoms with Gasteiger partial charge in [0.2, 0.25) is 5.91 Å². The molecule has 7 heteroatoms. The molecule has 1 saturated heterocycles. The van der Waals surface area contributed by atoms with Crippen molar-refractivity contribution in [3.63, 3.8) is 0 Å². The second-order valence-corrected chi connectivity index (χ2v) is 10.1. The lowest BCUT2D eigenvalue weighted by molar-refractivity contribution is -0.128. The molecule has 1 aromatic rings. The van der Waals surface area contributed by atoms with Crippen molar-refractivity contribution in [1.29, 1.82) is 0 Å². The topological polar surface area (TPSA) is 74.7 Å². The van der Waals surface area contributed by atoms with Crippen molar-refractivity contribution in [3.8, 4) is 0 Å². The molecule has 0 spiro atoms. The molecule has 1 atom stereocenters. The van der Waals surface area contributed by atoms with Crippen LogP contribution in [0.2, 0.25) is 0 Å². The summed E-state index contributed by atoms with van der Waals surface area (Å²) in [5.41, 5.74) is 0.808. The van der Waals surface area contributed by atoms with E-state index in [1.807, 2.05) is 18.7 Å². The molecule has 134 valence electrons. The Morgan fingerprint density at radius 3 is 2.46 bits per heavy atom. The van der Waals surface area contributed by atoms with Gasteiger partial charge in [0.15, 0.2) is 9.84 Å². The van der Waals surface area contributed by atoms with Gasteiger partial charge in [0.1, 0.15) is 5.37 Å². The Hall–Kier alpha value is -1.05. The van der Waals surface area contributed by atoms with Crippen molar-refractivity contribution in [2.75, 3.05) is 25.2 Å². The number of hydrogen-bond donors (Lipinski definition) is 1. The molecule has 0 radical (unpaired) electrons. The highest BCUT2D eigenvalue weighted by Gasteiger charge is 2.32. The number of hydrogen-bond acceptors (Lipinski definition) is 5. The van der Waals surface area contributed by atoms with E-state index in [9.17, 15) is 18.3 Å². The monoisotopic (exact) mass is 371 g/mol. The van der Waals surface area contributed by atoms with Gasteiger partial charge in [-0.2, -0.15) is 0 Å². The highest BCUT2D eigenvalue weighted by Crippen LogP contribution is 2.39.